The van der Waals surface area contributed by atoms with Crippen LogP contribution in [-0.4, -0.2) is 100 Å². The summed E-state index contributed by atoms with van der Waals surface area (Å²) >= 11 is 6.30. The van der Waals surface area contributed by atoms with Gasteiger partial charge in [0.15, 0.2) is 0 Å². The molecule has 1 aliphatic rings. The van der Waals surface area contributed by atoms with Crippen LogP contribution in [0.1, 0.15) is 63.1 Å². The van der Waals surface area contributed by atoms with E-state index in [0.29, 0.717) is 37.5 Å². The molecule has 4 unspecified atom stereocenters. The Bertz CT molecular complexity index is 1740. The molecule has 1 fully saturated rings. The van der Waals surface area contributed by atoms with Gasteiger partial charge in [-0.2, -0.15) is 0 Å². The first-order valence-electron chi connectivity index (χ1n) is 18.8. The summed E-state index contributed by atoms with van der Waals surface area (Å²) in [7, 11) is 1.27. The quantitative estimate of drug-likeness (QED) is 0.123. The molecule has 298 valence electrons. The van der Waals surface area contributed by atoms with E-state index >= 15 is 0 Å². The van der Waals surface area contributed by atoms with Crippen molar-refractivity contribution < 1.29 is 29.0 Å². The van der Waals surface area contributed by atoms with Crippen molar-refractivity contribution in [3.63, 3.8) is 0 Å². The molecular weight excluding hydrogens is 722 g/mol. The molecule has 3 aromatic rings. The number of nitrogens with one attached hydrogen (secondary N) is 3. The number of ether oxygens (including phenoxy) is 1. The normalized spacial score (nSPS) is 15.3. The Morgan fingerprint density at radius 3 is 2.42 bits per heavy atom. The summed E-state index contributed by atoms with van der Waals surface area (Å²) in [6, 6.07) is 20.7. The zero-order chi connectivity index (χ0) is 40.1. The highest BCUT2D eigenvalue weighted by atomic mass is 35.5. The van der Waals surface area contributed by atoms with Crippen molar-refractivity contribution >= 4 is 35.5 Å². The van der Waals surface area contributed by atoms with Crippen LogP contribution in [0.4, 0.5) is 9.59 Å². The predicted octanol–water partition coefficient (Wildman–Crippen LogP) is 5.09. The van der Waals surface area contributed by atoms with Crippen LogP contribution in [0.5, 0.6) is 0 Å². The molecule has 1 aliphatic heterocycles. The zero-order valence-electron chi connectivity index (χ0n) is 32.8. The maximum Gasteiger partial charge on any atom is 0.406 e. The maximum atomic E-state index is 14.4. The molecular formula is C41H56ClN7O6. The first-order valence-corrected chi connectivity index (χ1v) is 19.2. The van der Waals surface area contributed by atoms with Gasteiger partial charge in [0, 0.05) is 49.9 Å². The van der Waals surface area contributed by atoms with Crippen molar-refractivity contribution in [2.75, 3.05) is 33.3 Å². The lowest BCUT2D eigenvalue weighted by molar-refractivity contribution is -0.131. The molecule has 0 radical (unpaired) electrons. The molecule has 2 heterocycles. The molecule has 5 amide bonds. The van der Waals surface area contributed by atoms with E-state index in [4.69, 9.17) is 11.6 Å². The van der Waals surface area contributed by atoms with Gasteiger partial charge in [-0.15, -0.1) is 0 Å². The fourth-order valence-electron chi connectivity index (χ4n) is 6.69. The number of hydrogen-bond donors (Lipinski definition) is 4. The lowest BCUT2D eigenvalue weighted by Gasteiger charge is -2.35. The van der Waals surface area contributed by atoms with Crippen LogP contribution in [0.15, 0.2) is 72.8 Å². The number of aliphatic hydroxyl groups excluding tert-OH is 1. The van der Waals surface area contributed by atoms with Gasteiger partial charge in [0.2, 0.25) is 11.8 Å². The molecule has 1 saturated heterocycles. The number of carbonyl (C=O) groups excluding carboxylic acids is 4. The Kier molecular flexibility index (Phi) is 15.9. The fourth-order valence-corrected chi connectivity index (χ4v) is 6.91. The number of urea groups is 1. The molecule has 55 heavy (non-hydrogen) atoms. The van der Waals surface area contributed by atoms with Gasteiger partial charge in [-0.05, 0) is 60.1 Å². The Hall–Kier alpha value is -4.72. The zero-order valence-corrected chi connectivity index (χ0v) is 33.5. The number of amides is 5. The van der Waals surface area contributed by atoms with Gasteiger partial charge in [0.25, 0.3) is 0 Å². The average Bonchev–Trinajstić information content (AvgIpc) is 3.48. The standard InChI is InChI=1S/C41H56ClN7O6/c1-7-28(2)37(49-20-19-47(40(49)54)25-33-18-11-13-29(3)44-33)38(52)45-34(22-30-14-9-8-10-15-30)35(50)26-48(24-31-16-12-17-32(42)21-31)46-36(51)23-41(4,5)27-43-39(53)55-6/h8-18,21,28,34-35,37,50H,7,19-20,22-27H2,1-6H3,(H,43,53)(H,45,52)(H,46,51). The number of halogens is 1. The largest absolute Gasteiger partial charge is 0.453 e. The molecule has 13 nitrogen and oxygen atoms in total. The van der Waals surface area contributed by atoms with E-state index in [1.54, 1.807) is 33.0 Å². The third kappa shape index (κ3) is 13.2. The topological polar surface area (TPSA) is 156 Å². The van der Waals surface area contributed by atoms with Crippen LogP contribution in [0.25, 0.3) is 0 Å². The Morgan fingerprint density at radius 1 is 1.04 bits per heavy atom. The van der Waals surface area contributed by atoms with Gasteiger partial charge in [0.05, 0.1) is 31.5 Å². The second-order valence-corrected chi connectivity index (χ2v) is 15.5. The minimum atomic E-state index is -1.16. The van der Waals surface area contributed by atoms with Gasteiger partial charge >= 0.3 is 12.1 Å². The lowest BCUT2D eigenvalue weighted by atomic mass is 9.89. The summed E-state index contributed by atoms with van der Waals surface area (Å²) in [6.07, 6.45) is -0.745. The summed E-state index contributed by atoms with van der Waals surface area (Å²) in [4.78, 5) is 61.3. The van der Waals surface area contributed by atoms with Crippen molar-refractivity contribution in [2.45, 2.75) is 85.2 Å². The third-order valence-corrected chi connectivity index (χ3v) is 10.0. The number of aryl methyl sites for hydroxylation is 1. The fraction of sp³-hybridized carbons (Fsp3) is 0.488. The summed E-state index contributed by atoms with van der Waals surface area (Å²) in [6.45, 7) is 11.1. The number of carbonyl (C=O) groups is 4. The van der Waals surface area contributed by atoms with E-state index in [-0.39, 0.29) is 49.8 Å². The lowest BCUT2D eigenvalue weighted by Crippen LogP contribution is -2.58. The number of hydrogen-bond acceptors (Lipinski definition) is 8. The van der Waals surface area contributed by atoms with Crippen molar-refractivity contribution in [1.82, 2.24) is 35.9 Å². The second kappa shape index (κ2) is 20.3. The Morgan fingerprint density at radius 2 is 1.75 bits per heavy atom. The molecule has 0 saturated carbocycles. The van der Waals surface area contributed by atoms with Gasteiger partial charge in [0.1, 0.15) is 6.04 Å². The van der Waals surface area contributed by atoms with E-state index in [1.165, 1.54) is 7.11 Å². The van der Waals surface area contributed by atoms with E-state index < -0.39 is 29.7 Å². The minimum Gasteiger partial charge on any atom is -0.453 e. The molecule has 14 heteroatoms. The van der Waals surface area contributed by atoms with Crippen molar-refractivity contribution in [2.24, 2.45) is 11.3 Å². The number of rotatable bonds is 19. The number of nitrogens with zero attached hydrogens (tertiary/aromatic N) is 4. The molecule has 1 aromatic heterocycles. The Labute approximate surface area is 329 Å². The first kappa shape index (κ1) is 43.0. The van der Waals surface area contributed by atoms with Gasteiger partial charge in [-0.1, -0.05) is 94.2 Å². The number of pyridine rings is 1. The molecule has 2 aromatic carbocycles. The van der Waals surface area contributed by atoms with Gasteiger partial charge in [-0.3, -0.25) is 20.0 Å². The molecule has 4 N–H and O–H groups in total. The monoisotopic (exact) mass is 777 g/mol. The van der Waals surface area contributed by atoms with E-state index in [1.807, 2.05) is 89.2 Å². The molecule has 0 bridgehead atoms. The first-order chi connectivity index (χ1) is 26.2. The minimum absolute atomic E-state index is 0.0508. The van der Waals surface area contributed by atoms with Crippen LogP contribution >= 0.6 is 11.6 Å². The molecule has 0 aliphatic carbocycles. The number of methoxy groups -OCH3 is 1. The highest BCUT2D eigenvalue weighted by Gasteiger charge is 2.41. The van der Waals surface area contributed by atoms with E-state index in [9.17, 15) is 24.3 Å². The summed E-state index contributed by atoms with van der Waals surface area (Å²) in [5.41, 5.74) is 5.66. The number of hydrazine groups is 1. The van der Waals surface area contributed by atoms with Crippen molar-refractivity contribution in [3.8, 4) is 0 Å². The van der Waals surface area contributed by atoms with E-state index in [2.05, 4.69) is 25.8 Å². The molecule has 4 rings (SSSR count). The predicted molar refractivity (Wildman–Crippen MR) is 212 cm³/mol. The SMILES string of the molecule is CCC(C)C(C(=O)NC(Cc1ccccc1)C(O)CN(Cc1cccc(Cl)c1)NC(=O)CC(C)(C)CNC(=O)OC)N1CCN(Cc2cccc(C)n2)C1=O. The van der Waals surface area contributed by atoms with Crippen LogP contribution < -0.4 is 16.1 Å². The average molecular weight is 778 g/mol. The van der Waals surface area contributed by atoms with Crippen LogP contribution in [-0.2, 0) is 33.8 Å². The summed E-state index contributed by atoms with van der Waals surface area (Å²) in [5.74, 6) is -0.862. The highest BCUT2D eigenvalue weighted by Crippen LogP contribution is 2.24. The van der Waals surface area contributed by atoms with E-state index in [0.717, 1.165) is 22.5 Å². The number of alkyl carbamates (subject to hydrolysis) is 1. The summed E-state index contributed by atoms with van der Waals surface area (Å²) in [5, 5.41) is 19.9. The number of aromatic nitrogens is 1. The van der Waals surface area contributed by atoms with Gasteiger partial charge in [-0.25, -0.2) is 14.6 Å². The van der Waals surface area contributed by atoms with Crippen molar-refractivity contribution in [1.29, 1.82) is 0 Å². The van der Waals surface area contributed by atoms with Crippen LogP contribution in [0.3, 0.4) is 0 Å². The maximum absolute atomic E-state index is 14.4. The number of benzene rings is 2. The smallest absolute Gasteiger partial charge is 0.406 e. The molecule has 4 atom stereocenters. The summed E-state index contributed by atoms with van der Waals surface area (Å²) < 4.78 is 4.67. The van der Waals surface area contributed by atoms with Gasteiger partial charge < -0.3 is 30.3 Å². The second-order valence-electron chi connectivity index (χ2n) is 15.1. The highest BCUT2D eigenvalue weighted by molar-refractivity contribution is 6.30. The van der Waals surface area contributed by atoms with Crippen molar-refractivity contribution in [3.05, 3.63) is 100 Å². The third-order valence-electron chi connectivity index (χ3n) is 9.79. The van der Waals surface area contributed by atoms with Crippen LogP contribution in [0.2, 0.25) is 5.02 Å². The number of aliphatic hydroxyl groups is 1. The molecule has 0 spiro atoms. The Balaban J connectivity index is 1.55. The van der Waals surface area contributed by atoms with Crippen LogP contribution in [0, 0.1) is 18.3 Å².